The summed E-state index contributed by atoms with van der Waals surface area (Å²) in [5.41, 5.74) is 0. The van der Waals surface area contributed by atoms with Gasteiger partial charge in [0.05, 0.1) is 44.2 Å². The molecule has 0 spiro atoms. The highest BCUT2D eigenvalue weighted by molar-refractivity contribution is 5.65. The molecule has 0 aromatic carbocycles. The third kappa shape index (κ3) is 19.3. The minimum atomic E-state index is -0.282. The lowest BCUT2D eigenvalue weighted by Gasteiger charge is -2.15. The molecule has 0 heterocycles. The van der Waals surface area contributed by atoms with Crippen LogP contribution in [0.5, 0.6) is 0 Å². The van der Waals surface area contributed by atoms with Crippen molar-refractivity contribution in [2.75, 3.05) is 40.1 Å². The lowest BCUT2D eigenvalue weighted by Crippen LogP contribution is -2.23. The molecular weight excluding hydrogens is 316 g/mol. The van der Waals surface area contributed by atoms with Crippen LogP contribution in [-0.4, -0.2) is 75.6 Å². The Balaban J connectivity index is 0. The summed E-state index contributed by atoms with van der Waals surface area (Å²) < 4.78 is 25.6. The van der Waals surface area contributed by atoms with Crippen molar-refractivity contribution in [3.05, 3.63) is 0 Å². The van der Waals surface area contributed by atoms with E-state index in [1.807, 2.05) is 34.6 Å². The first-order valence-corrected chi connectivity index (χ1v) is 8.38. The molecule has 0 rings (SSSR count). The van der Waals surface area contributed by atoms with Gasteiger partial charge in [-0.1, -0.05) is 0 Å². The Hall–Kier alpha value is -0.730. The van der Waals surface area contributed by atoms with Gasteiger partial charge in [-0.15, -0.1) is 0 Å². The van der Waals surface area contributed by atoms with E-state index in [4.69, 9.17) is 28.8 Å². The average Bonchev–Trinajstić information content (AvgIpc) is 2.56. The van der Waals surface area contributed by atoms with Gasteiger partial charge in [-0.05, 0) is 34.6 Å². The number of aliphatic hydroxyl groups is 1. The number of hydrogen-bond acceptors (Lipinski definition) is 7. The molecule has 0 amide bonds. The zero-order chi connectivity index (χ0) is 19.0. The highest BCUT2D eigenvalue weighted by Gasteiger charge is 2.07. The predicted molar refractivity (Wildman–Crippen MR) is 92.1 cm³/mol. The van der Waals surface area contributed by atoms with Crippen LogP contribution in [0.25, 0.3) is 0 Å². The summed E-state index contributed by atoms with van der Waals surface area (Å²) in [4.78, 5) is 10.4. The second-order valence-corrected chi connectivity index (χ2v) is 5.59. The maximum Gasteiger partial charge on any atom is 0.302 e. The SMILES string of the molecule is CCOC(C)COC(C)CO.COC(C)COC(C)COC(C)=O. The Morgan fingerprint density at radius 1 is 0.875 bits per heavy atom. The van der Waals surface area contributed by atoms with Crippen molar-refractivity contribution in [1.82, 2.24) is 0 Å². The smallest absolute Gasteiger partial charge is 0.302 e. The van der Waals surface area contributed by atoms with Crippen molar-refractivity contribution in [1.29, 1.82) is 0 Å². The first-order chi connectivity index (χ1) is 11.3. The largest absolute Gasteiger partial charge is 0.463 e. The summed E-state index contributed by atoms with van der Waals surface area (Å²) >= 11 is 0. The standard InChI is InChI=1S/C9H18O4.C8H18O3/c1-7(11-4)5-12-8(2)6-13-9(3)10;1-4-10-8(3)6-11-7(2)5-9/h7-8H,5-6H2,1-4H3;7-9H,4-6H2,1-3H3. The second kappa shape index (κ2) is 17.1. The minimum Gasteiger partial charge on any atom is -0.463 e. The third-order valence-corrected chi connectivity index (χ3v) is 2.86. The van der Waals surface area contributed by atoms with Crippen LogP contribution in [0.3, 0.4) is 0 Å². The quantitative estimate of drug-likeness (QED) is 0.536. The molecule has 24 heavy (non-hydrogen) atoms. The number of rotatable bonds is 12. The van der Waals surface area contributed by atoms with Gasteiger partial charge in [0.1, 0.15) is 6.61 Å². The van der Waals surface area contributed by atoms with E-state index in [0.29, 0.717) is 26.4 Å². The van der Waals surface area contributed by atoms with Gasteiger partial charge >= 0.3 is 5.97 Å². The van der Waals surface area contributed by atoms with Gasteiger partial charge in [-0.3, -0.25) is 4.79 Å². The Bertz CT molecular complexity index is 286. The molecule has 0 aliphatic heterocycles. The van der Waals surface area contributed by atoms with Crippen LogP contribution in [-0.2, 0) is 28.5 Å². The molecule has 146 valence electrons. The van der Waals surface area contributed by atoms with Crippen LogP contribution >= 0.6 is 0 Å². The van der Waals surface area contributed by atoms with Crippen molar-refractivity contribution in [2.24, 2.45) is 0 Å². The minimum absolute atomic E-state index is 0.0683. The van der Waals surface area contributed by atoms with E-state index in [2.05, 4.69) is 0 Å². The number of ether oxygens (including phenoxy) is 5. The van der Waals surface area contributed by atoms with Crippen molar-refractivity contribution < 1.29 is 33.6 Å². The number of methoxy groups -OCH3 is 1. The van der Waals surface area contributed by atoms with Crippen molar-refractivity contribution in [2.45, 2.75) is 66.0 Å². The highest BCUT2D eigenvalue weighted by atomic mass is 16.6. The zero-order valence-corrected chi connectivity index (χ0v) is 16.2. The van der Waals surface area contributed by atoms with Crippen molar-refractivity contribution >= 4 is 5.97 Å². The van der Waals surface area contributed by atoms with Crippen LogP contribution in [0.4, 0.5) is 0 Å². The Morgan fingerprint density at radius 2 is 1.38 bits per heavy atom. The summed E-state index contributed by atoms with van der Waals surface area (Å²) in [6, 6.07) is 0. The molecule has 0 saturated carbocycles. The molecule has 1 N–H and O–H groups in total. The summed E-state index contributed by atoms with van der Waals surface area (Å²) in [5.74, 6) is -0.282. The lowest BCUT2D eigenvalue weighted by atomic mass is 10.4. The van der Waals surface area contributed by atoms with Crippen LogP contribution in [0.1, 0.15) is 41.5 Å². The van der Waals surface area contributed by atoms with Crippen LogP contribution in [0, 0.1) is 0 Å². The van der Waals surface area contributed by atoms with Crippen LogP contribution in [0.2, 0.25) is 0 Å². The fourth-order valence-electron chi connectivity index (χ4n) is 1.34. The summed E-state index contributed by atoms with van der Waals surface area (Å²) in [6.45, 7) is 13.0. The van der Waals surface area contributed by atoms with E-state index >= 15 is 0 Å². The molecule has 0 bridgehead atoms. The summed E-state index contributed by atoms with van der Waals surface area (Å²) in [6.07, 6.45) is 0.0215. The maximum absolute atomic E-state index is 10.4. The number of carbonyl (C=O) groups is 1. The lowest BCUT2D eigenvalue weighted by molar-refractivity contribution is -0.145. The first-order valence-electron chi connectivity index (χ1n) is 8.38. The van der Waals surface area contributed by atoms with Gasteiger partial charge in [0.2, 0.25) is 0 Å². The predicted octanol–water partition coefficient (Wildman–Crippen LogP) is 1.80. The van der Waals surface area contributed by atoms with E-state index in [-0.39, 0.29) is 37.0 Å². The molecule has 7 heteroatoms. The zero-order valence-electron chi connectivity index (χ0n) is 16.2. The summed E-state index contributed by atoms with van der Waals surface area (Å²) in [7, 11) is 1.63. The molecule has 0 radical (unpaired) electrons. The van der Waals surface area contributed by atoms with Crippen molar-refractivity contribution in [3.8, 4) is 0 Å². The second-order valence-electron chi connectivity index (χ2n) is 5.59. The molecule has 0 saturated heterocycles. The fraction of sp³-hybridized carbons (Fsp3) is 0.941. The fourth-order valence-corrected chi connectivity index (χ4v) is 1.34. The van der Waals surface area contributed by atoms with Gasteiger partial charge in [-0.25, -0.2) is 0 Å². The first kappa shape index (κ1) is 25.5. The Kier molecular flexibility index (Phi) is 18.2. The molecule has 0 aliphatic rings. The third-order valence-electron chi connectivity index (χ3n) is 2.86. The Labute approximate surface area is 146 Å². The molecule has 7 nitrogen and oxygen atoms in total. The van der Waals surface area contributed by atoms with Gasteiger partial charge in [-0.2, -0.15) is 0 Å². The number of carbonyl (C=O) groups excluding carboxylic acids is 1. The number of hydrogen-bond donors (Lipinski definition) is 1. The topological polar surface area (TPSA) is 83.5 Å². The summed E-state index contributed by atoms with van der Waals surface area (Å²) in [5, 5.41) is 8.61. The maximum atomic E-state index is 10.4. The van der Waals surface area contributed by atoms with Gasteiger partial charge in [0.25, 0.3) is 0 Å². The molecule has 4 unspecified atom stereocenters. The van der Waals surface area contributed by atoms with E-state index in [9.17, 15) is 4.79 Å². The van der Waals surface area contributed by atoms with Crippen LogP contribution < -0.4 is 0 Å². The normalized spacial score (nSPS) is 15.7. The van der Waals surface area contributed by atoms with Gasteiger partial charge in [0.15, 0.2) is 0 Å². The molecule has 0 fully saturated rings. The molecule has 4 atom stereocenters. The van der Waals surface area contributed by atoms with E-state index in [1.54, 1.807) is 7.11 Å². The van der Waals surface area contributed by atoms with E-state index in [1.165, 1.54) is 6.92 Å². The highest BCUT2D eigenvalue weighted by Crippen LogP contribution is 1.97. The van der Waals surface area contributed by atoms with Gasteiger partial charge < -0.3 is 28.8 Å². The molecule has 0 aliphatic carbocycles. The monoisotopic (exact) mass is 352 g/mol. The Morgan fingerprint density at radius 3 is 1.83 bits per heavy atom. The molecular formula is C17H36O7. The number of aliphatic hydroxyl groups excluding tert-OH is 1. The molecule has 0 aromatic heterocycles. The molecule has 0 aromatic rings. The van der Waals surface area contributed by atoms with E-state index in [0.717, 1.165) is 0 Å². The van der Waals surface area contributed by atoms with E-state index < -0.39 is 0 Å². The average molecular weight is 352 g/mol. The van der Waals surface area contributed by atoms with Crippen molar-refractivity contribution in [3.63, 3.8) is 0 Å². The van der Waals surface area contributed by atoms with Crippen LogP contribution in [0.15, 0.2) is 0 Å². The van der Waals surface area contributed by atoms with Gasteiger partial charge in [0, 0.05) is 20.6 Å². The number of esters is 1.